The number of rotatable bonds is 4. The molecule has 0 saturated carbocycles. The van der Waals surface area contributed by atoms with Crippen LogP contribution in [0.2, 0.25) is 0 Å². The molecule has 0 amide bonds. The Kier molecular flexibility index (Phi) is 4.08. The van der Waals surface area contributed by atoms with Crippen molar-refractivity contribution in [2.45, 2.75) is 25.8 Å². The third kappa shape index (κ3) is 2.87. The minimum absolute atomic E-state index is 0.0296. The summed E-state index contributed by atoms with van der Waals surface area (Å²) in [6.07, 6.45) is 0. The monoisotopic (exact) mass is 308 g/mol. The van der Waals surface area contributed by atoms with Gasteiger partial charge in [-0.1, -0.05) is 37.3 Å². The maximum atomic E-state index is 12.8. The summed E-state index contributed by atoms with van der Waals surface area (Å²) in [5, 5.41) is 3.37. The van der Waals surface area contributed by atoms with Gasteiger partial charge in [-0.2, -0.15) is 4.31 Å². The van der Waals surface area contributed by atoms with Crippen molar-refractivity contribution in [3.05, 3.63) is 35.9 Å². The van der Waals surface area contributed by atoms with Gasteiger partial charge in [0.25, 0.3) is 0 Å². The minimum atomic E-state index is -3.19. The second kappa shape index (κ2) is 5.71. The van der Waals surface area contributed by atoms with Crippen molar-refractivity contribution >= 4 is 10.0 Å². The van der Waals surface area contributed by atoms with Crippen LogP contribution in [0.25, 0.3) is 0 Å². The minimum Gasteiger partial charge on any atom is -0.316 e. The molecule has 0 radical (unpaired) electrons. The van der Waals surface area contributed by atoms with E-state index < -0.39 is 10.0 Å². The van der Waals surface area contributed by atoms with Gasteiger partial charge in [-0.3, -0.25) is 0 Å². The smallest absolute Gasteiger partial charge is 0.214 e. The maximum absolute atomic E-state index is 12.8. The number of sulfonamides is 1. The molecular weight excluding hydrogens is 284 g/mol. The van der Waals surface area contributed by atoms with Gasteiger partial charge in [0.05, 0.1) is 5.75 Å². The molecule has 2 saturated heterocycles. The van der Waals surface area contributed by atoms with Gasteiger partial charge >= 0.3 is 0 Å². The zero-order valence-corrected chi connectivity index (χ0v) is 13.5. The van der Waals surface area contributed by atoms with Gasteiger partial charge in [0, 0.05) is 12.6 Å². The molecule has 116 valence electrons. The Labute approximate surface area is 127 Å². The lowest BCUT2D eigenvalue weighted by Gasteiger charge is -2.25. The van der Waals surface area contributed by atoms with Crippen LogP contribution in [-0.2, 0) is 10.0 Å². The predicted octanol–water partition coefficient (Wildman–Crippen LogP) is 1.66. The molecule has 21 heavy (non-hydrogen) atoms. The maximum Gasteiger partial charge on any atom is 0.214 e. The third-order valence-corrected chi connectivity index (χ3v) is 7.18. The Morgan fingerprint density at radius 1 is 1.29 bits per heavy atom. The summed E-state index contributed by atoms with van der Waals surface area (Å²) in [5.41, 5.74) is 1.09. The van der Waals surface area contributed by atoms with E-state index in [2.05, 4.69) is 12.2 Å². The summed E-state index contributed by atoms with van der Waals surface area (Å²) >= 11 is 0. The van der Waals surface area contributed by atoms with E-state index in [1.807, 2.05) is 37.3 Å². The molecule has 2 aliphatic rings. The van der Waals surface area contributed by atoms with Gasteiger partial charge in [0.15, 0.2) is 0 Å². The van der Waals surface area contributed by atoms with Gasteiger partial charge in [0.2, 0.25) is 10.0 Å². The van der Waals surface area contributed by atoms with Crippen LogP contribution < -0.4 is 5.32 Å². The number of hydrogen-bond acceptors (Lipinski definition) is 3. The first-order valence-corrected chi connectivity index (χ1v) is 9.35. The number of benzene rings is 1. The number of fused-ring (bicyclic) bond motifs is 1. The molecule has 4 unspecified atom stereocenters. The van der Waals surface area contributed by atoms with Crippen LogP contribution in [0.1, 0.15) is 25.3 Å². The Bertz CT molecular complexity index is 588. The van der Waals surface area contributed by atoms with E-state index >= 15 is 0 Å². The van der Waals surface area contributed by atoms with Crippen LogP contribution in [0.15, 0.2) is 30.3 Å². The van der Waals surface area contributed by atoms with Crippen molar-refractivity contribution in [3.63, 3.8) is 0 Å². The van der Waals surface area contributed by atoms with Gasteiger partial charge in [-0.15, -0.1) is 0 Å². The quantitative estimate of drug-likeness (QED) is 0.920. The average molecular weight is 308 g/mol. The van der Waals surface area contributed by atoms with Crippen LogP contribution in [-0.4, -0.2) is 44.2 Å². The van der Waals surface area contributed by atoms with E-state index in [9.17, 15) is 8.42 Å². The number of hydrogen-bond donors (Lipinski definition) is 1. The van der Waals surface area contributed by atoms with E-state index in [0.29, 0.717) is 18.4 Å². The molecule has 0 aliphatic carbocycles. The Morgan fingerprint density at radius 2 is 2.00 bits per heavy atom. The largest absolute Gasteiger partial charge is 0.316 e. The van der Waals surface area contributed by atoms with E-state index in [1.165, 1.54) is 0 Å². The standard InChI is InChI=1S/C16H24N2O2S/c1-12(14-6-4-3-5-7-14)11-21(19,20)18-10-15-8-17-9-16(15)13(18)2/h3-7,12-13,15-17H,8-11H2,1-2H3. The molecule has 0 aromatic heterocycles. The Morgan fingerprint density at radius 3 is 2.67 bits per heavy atom. The van der Waals surface area contributed by atoms with Crippen LogP contribution in [0.3, 0.4) is 0 Å². The number of nitrogens with zero attached hydrogens (tertiary/aromatic N) is 1. The molecule has 5 heteroatoms. The van der Waals surface area contributed by atoms with Crippen LogP contribution in [0.5, 0.6) is 0 Å². The molecule has 1 aromatic carbocycles. The first-order valence-electron chi connectivity index (χ1n) is 7.74. The van der Waals surface area contributed by atoms with Crippen molar-refractivity contribution in [1.82, 2.24) is 9.62 Å². The fourth-order valence-corrected chi connectivity index (χ4v) is 5.88. The van der Waals surface area contributed by atoms with Gasteiger partial charge < -0.3 is 5.32 Å². The molecular formula is C16H24N2O2S. The van der Waals surface area contributed by atoms with Crippen LogP contribution in [0.4, 0.5) is 0 Å². The number of nitrogens with one attached hydrogen (secondary N) is 1. The SMILES string of the molecule is CC(CS(=O)(=O)N1CC2CNCC2C1C)c1ccccc1. The van der Waals surface area contributed by atoms with Crippen LogP contribution >= 0.6 is 0 Å². The molecule has 0 spiro atoms. The molecule has 2 aliphatic heterocycles. The summed E-state index contributed by atoms with van der Waals surface area (Å²) in [7, 11) is -3.19. The lowest BCUT2D eigenvalue weighted by atomic mass is 9.95. The van der Waals surface area contributed by atoms with E-state index in [4.69, 9.17) is 0 Å². The molecule has 2 fully saturated rings. The molecule has 1 aromatic rings. The second-order valence-electron chi connectivity index (χ2n) is 6.48. The highest BCUT2D eigenvalue weighted by Gasteiger charge is 2.46. The topological polar surface area (TPSA) is 49.4 Å². The Balaban J connectivity index is 1.73. The van der Waals surface area contributed by atoms with Crippen LogP contribution in [0, 0.1) is 11.8 Å². The molecule has 0 bridgehead atoms. The zero-order chi connectivity index (χ0) is 15.0. The van der Waals surface area contributed by atoms with Gasteiger partial charge in [-0.05, 0) is 43.3 Å². The fraction of sp³-hybridized carbons (Fsp3) is 0.625. The first-order chi connectivity index (χ1) is 9.99. The fourth-order valence-electron chi connectivity index (χ4n) is 3.79. The molecule has 3 rings (SSSR count). The van der Waals surface area contributed by atoms with Gasteiger partial charge in [0.1, 0.15) is 0 Å². The lowest BCUT2D eigenvalue weighted by Crippen LogP contribution is -2.40. The summed E-state index contributed by atoms with van der Waals surface area (Å²) < 4.78 is 27.3. The second-order valence-corrected chi connectivity index (χ2v) is 8.45. The van der Waals surface area contributed by atoms with Crippen molar-refractivity contribution in [3.8, 4) is 0 Å². The summed E-state index contributed by atoms with van der Waals surface area (Å²) in [6, 6.07) is 10.0. The average Bonchev–Trinajstić information content (AvgIpc) is 3.03. The highest BCUT2D eigenvalue weighted by atomic mass is 32.2. The molecule has 1 N–H and O–H groups in total. The predicted molar refractivity (Wildman–Crippen MR) is 84.7 cm³/mol. The highest BCUT2D eigenvalue weighted by molar-refractivity contribution is 7.89. The zero-order valence-electron chi connectivity index (χ0n) is 12.7. The third-order valence-electron chi connectivity index (χ3n) is 5.07. The Hall–Kier alpha value is -0.910. The lowest BCUT2D eigenvalue weighted by molar-refractivity contribution is 0.359. The van der Waals surface area contributed by atoms with E-state index in [0.717, 1.165) is 18.7 Å². The summed E-state index contributed by atoms with van der Waals surface area (Å²) in [5.74, 6) is 1.20. The molecule has 4 nitrogen and oxygen atoms in total. The first kappa shape index (κ1) is 15.0. The molecule has 2 heterocycles. The van der Waals surface area contributed by atoms with Crippen molar-refractivity contribution in [2.24, 2.45) is 11.8 Å². The van der Waals surface area contributed by atoms with E-state index in [-0.39, 0.29) is 17.7 Å². The van der Waals surface area contributed by atoms with Crippen molar-refractivity contribution < 1.29 is 8.42 Å². The summed E-state index contributed by atoms with van der Waals surface area (Å²) in [6.45, 7) is 6.64. The van der Waals surface area contributed by atoms with Crippen molar-refractivity contribution in [1.29, 1.82) is 0 Å². The van der Waals surface area contributed by atoms with Gasteiger partial charge in [-0.25, -0.2) is 8.42 Å². The van der Waals surface area contributed by atoms with Crippen molar-refractivity contribution in [2.75, 3.05) is 25.4 Å². The normalized spacial score (nSPS) is 31.2. The highest BCUT2D eigenvalue weighted by Crippen LogP contribution is 2.35. The molecule has 4 atom stereocenters. The summed E-state index contributed by atoms with van der Waals surface area (Å²) in [4.78, 5) is 0. The van der Waals surface area contributed by atoms with E-state index in [1.54, 1.807) is 4.31 Å².